The van der Waals surface area contributed by atoms with Crippen LogP contribution in [0.15, 0.2) is 30.6 Å². The minimum atomic E-state index is -0.0580. The van der Waals surface area contributed by atoms with Gasteiger partial charge in [0.1, 0.15) is 18.0 Å². The van der Waals surface area contributed by atoms with Gasteiger partial charge in [-0.05, 0) is 24.6 Å². The van der Waals surface area contributed by atoms with Gasteiger partial charge in [-0.2, -0.15) is 10.2 Å². The fraction of sp³-hybridized carbons (Fsp3) is 0.368. The van der Waals surface area contributed by atoms with Crippen LogP contribution in [0.3, 0.4) is 0 Å². The zero-order valence-electron chi connectivity index (χ0n) is 15.7. The van der Waals surface area contributed by atoms with Crippen LogP contribution in [-0.4, -0.2) is 41.9 Å². The molecule has 1 aliphatic rings. The van der Waals surface area contributed by atoms with E-state index in [4.69, 9.17) is 4.74 Å². The Hall–Kier alpha value is -3.16. The van der Waals surface area contributed by atoms with Gasteiger partial charge in [-0.15, -0.1) is 0 Å². The highest BCUT2D eigenvalue weighted by molar-refractivity contribution is 5.92. The Kier molecular flexibility index (Phi) is 4.39. The van der Waals surface area contributed by atoms with Gasteiger partial charge in [-0.3, -0.25) is 14.2 Å². The van der Waals surface area contributed by atoms with Gasteiger partial charge in [0.05, 0.1) is 0 Å². The van der Waals surface area contributed by atoms with Crippen molar-refractivity contribution in [3.8, 4) is 5.88 Å². The number of hydrogen-bond donors (Lipinski definition) is 0. The number of rotatable bonds is 4. The number of carbonyl (C=O) groups is 1. The molecule has 8 heteroatoms. The van der Waals surface area contributed by atoms with Crippen LogP contribution in [0.25, 0.3) is 0 Å². The summed E-state index contributed by atoms with van der Waals surface area (Å²) in [5.74, 6) is 0.518. The molecule has 0 N–H and O–H groups in total. The maximum absolute atomic E-state index is 12.7. The molecule has 0 saturated heterocycles. The fourth-order valence-electron chi connectivity index (χ4n) is 3.38. The monoisotopic (exact) mass is 366 g/mol. The molecular formula is C19H22N6O2. The van der Waals surface area contributed by atoms with E-state index in [9.17, 15) is 4.79 Å². The Balaban J connectivity index is 1.53. The van der Waals surface area contributed by atoms with Crippen molar-refractivity contribution in [3.05, 3.63) is 58.8 Å². The van der Waals surface area contributed by atoms with Crippen LogP contribution in [0.2, 0.25) is 0 Å². The van der Waals surface area contributed by atoms with Gasteiger partial charge in [0.15, 0.2) is 0 Å². The van der Waals surface area contributed by atoms with Gasteiger partial charge in [0.25, 0.3) is 5.91 Å². The van der Waals surface area contributed by atoms with Gasteiger partial charge in [0.2, 0.25) is 5.88 Å². The standard InChI is InChI=1S/C19H22N6O2/c1-13-4-7-20-18(10-13)27-12-16-14-11-25(9-6-17(14)24(3)22-16)19(26)15-5-8-23(2)21-15/h4-5,7-8,10H,6,9,11-12H2,1-3H3. The molecule has 0 atom stereocenters. The Morgan fingerprint density at radius 2 is 2.11 bits per heavy atom. The van der Waals surface area contributed by atoms with E-state index in [0.29, 0.717) is 31.3 Å². The average molecular weight is 366 g/mol. The normalized spacial score (nSPS) is 13.5. The van der Waals surface area contributed by atoms with Gasteiger partial charge >= 0.3 is 0 Å². The topological polar surface area (TPSA) is 78.1 Å². The molecular weight excluding hydrogens is 344 g/mol. The molecule has 4 rings (SSSR count). The molecule has 0 aromatic carbocycles. The van der Waals surface area contributed by atoms with Gasteiger partial charge in [-0.1, -0.05) is 0 Å². The third-order valence-electron chi connectivity index (χ3n) is 4.79. The molecule has 0 aliphatic carbocycles. The van der Waals surface area contributed by atoms with Crippen molar-refractivity contribution < 1.29 is 9.53 Å². The summed E-state index contributed by atoms with van der Waals surface area (Å²) in [4.78, 5) is 18.8. The maximum atomic E-state index is 12.7. The predicted octanol–water partition coefficient (Wildman–Crippen LogP) is 1.63. The lowest BCUT2D eigenvalue weighted by atomic mass is 10.0. The second-order valence-corrected chi connectivity index (χ2v) is 6.81. The zero-order valence-corrected chi connectivity index (χ0v) is 15.7. The molecule has 27 heavy (non-hydrogen) atoms. The minimum absolute atomic E-state index is 0.0580. The molecule has 3 aromatic rings. The number of carbonyl (C=O) groups excluding carboxylic acids is 1. The van der Waals surface area contributed by atoms with Crippen LogP contribution in [0.1, 0.15) is 33.0 Å². The van der Waals surface area contributed by atoms with Crippen molar-refractivity contribution in [2.75, 3.05) is 6.54 Å². The van der Waals surface area contributed by atoms with Crippen molar-refractivity contribution in [2.24, 2.45) is 14.1 Å². The number of nitrogens with zero attached hydrogens (tertiary/aromatic N) is 6. The first-order chi connectivity index (χ1) is 13.0. The average Bonchev–Trinajstić information content (AvgIpc) is 3.23. The second kappa shape index (κ2) is 6.86. The van der Waals surface area contributed by atoms with Crippen molar-refractivity contribution in [1.82, 2.24) is 29.4 Å². The van der Waals surface area contributed by atoms with Gasteiger partial charge < -0.3 is 9.64 Å². The summed E-state index contributed by atoms with van der Waals surface area (Å²) >= 11 is 0. The summed E-state index contributed by atoms with van der Waals surface area (Å²) in [6, 6.07) is 5.57. The second-order valence-electron chi connectivity index (χ2n) is 6.81. The fourth-order valence-corrected chi connectivity index (χ4v) is 3.38. The first-order valence-corrected chi connectivity index (χ1v) is 8.89. The third-order valence-corrected chi connectivity index (χ3v) is 4.79. The van der Waals surface area contributed by atoms with Crippen LogP contribution in [0.4, 0.5) is 0 Å². The highest BCUT2D eigenvalue weighted by atomic mass is 16.5. The highest BCUT2D eigenvalue weighted by Crippen LogP contribution is 2.24. The molecule has 0 fully saturated rings. The number of ether oxygens (including phenoxy) is 1. The lowest BCUT2D eigenvalue weighted by molar-refractivity contribution is 0.0725. The van der Waals surface area contributed by atoms with E-state index in [1.54, 1.807) is 30.2 Å². The van der Waals surface area contributed by atoms with E-state index in [-0.39, 0.29) is 5.91 Å². The number of fused-ring (bicyclic) bond motifs is 1. The van der Waals surface area contributed by atoms with E-state index in [0.717, 1.165) is 28.9 Å². The lowest BCUT2D eigenvalue weighted by Crippen LogP contribution is -2.36. The Morgan fingerprint density at radius 1 is 1.26 bits per heavy atom. The van der Waals surface area contributed by atoms with Crippen molar-refractivity contribution in [3.63, 3.8) is 0 Å². The number of hydrogen-bond acceptors (Lipinski definition) is 5. The van der Waals surface area contributed by atoms with Crippen molar-refractivity contribution in [2.45, 2.75) is 26.5 Å². The third kappa shape index (κ3) is 3.42. The van der Waals surface area contributed by atoms with Gasteiger partial charge in [0, 0.05) is 63.3 Å². The summed E-state index contributed by atoms with van der Waals surface area (Å²) < 4.78 is 9.36. The van der Waals surface area contributed by atoms with E-state index < -0.39 is 0 Å². The highest BCUT2D eigenvalue weighted by Gasteiger charge is 2.28. The number of aryl methyl sites for hydroxylation is 3. The molecule has 0 bridgehead atoms. The SMILES string of the molecule is Cc1ccnc(OCc2nn(C)c3c2CN(C(=O)c2ccn(C)n2)CC3)c1. The number of amides is 1. The Bertz CT molecular complexity index is 990. The van der Waals surface area contributed by atoms with Crippen LogP contribution in [0.5, 0.6) is 5.88 Å². The van der Waals surface area contributed by atoms with Crippen molar-refractivity contribution >= 4 is 5.91 Å². The van der Waals surface area contributed by atoms with Crippen molar-refractivity contribution in [1.29, 1.82) is 0 Å². The van der Waals surface area contributed by atoms with E-state index in [2.05, 4.69) is 15.2 Å². The summed E-state index contributed by atoms with van der Waals surface area (Å²) in [5.41, 5.74) is 4.60. The first-order valence-electron chi connectivity index (χ1n) is 8.89. The largest absolute Gasteiger partial charge is 0.471 e. The summed E-state index contributed by atoms with van der Waals surface area (Å²) in [6.45, 7) is 3.49. The van der Waals surface area contributed by atoms with Crippen LogP contribution >= 0.6 is 0 Å². The van der Waals surface area contributed by atoms with Gasteiger partial charge in [-0.25, -0.2) is 4.98 Å². The predicted molar refractivity (Wildman–Crippen MR) is 98.2 cm³/mol. The lowest BCUT2D eigenvalue weighted by Gasteiger charge is -2.27. The quantitative estimate of drug-likeness (QED) is 0.701. The van der Waals surface area contributed by atoms with Crippen LogP contribution < -0.4 is 4.74 Å². The van der Waals surface area contributed by atoms with Crippen LogP contribution in [-0.2, 0) is 33.7 Å². The molecule has 0 saturated carbocycles. The smallest absolute Gasteiger partial charge is 0.274 e. The van der Waals surface area contributed by atoms with E-state index in [1.807, 2.05) is 35.7 Å². The Labute approximate surface area is 157 Å². The minimum Gasteiger partial charge on any atom is -0.471 e. The first kappa shape index (κ1) is 17.3. The molecule has 4 heterocycles. The molecule has 0 spiro atoms. The van der Waals surface area contributed by atoms with E-state index in [1.165, 1.54) is 0 Å². The molecule has 1 amide bonds. The zero-order chi connectivity index (χ0) is 19.0. The molecule has 1 aliphatic heterocycles. The summed E-state index contributed by atoms with van der Waals surface area (Å²) in [7, 11) is 3.74. The molecule has 140 valence electrons. The Morgan fingerprint density at radius 3 is 2.85 bits per heavy atom. The van der Waals surface area contributed by atoms with Crippen LogP contribution in [0, 0.1) is 6.92 Å². The molecule has 0 radical (unpaired) electrons. The maximum Gasteiger partial charge on any atom is 0.274 e. The van der Waals surface area contributed by atoms with E-state index >= 15 is 0 Å². The molecule has 0 unspecified atom stereocenters. The number of aromatic nitrogens is 5. The molecule has 8 nitrogen and oxygen atoms in total. The molecule has 3 aromatic heterocycles. The summed E-state index contributed by atoms with van der Waals surface area (Å²) in [5, 5.41) is 8.83. The number of pyridine rings is 1. The summed E-state index contributed by atoms with van der Waals surface area (Å²) in [6.07, 6.45) is 4.27.